The molecule has 3 nitrogen and oxygen atoms in total. The normalized spacial score (nSPS) is 10.9. The van der Waals surface area contributed by atoms with E-state index in [9.17, 15) is 4.79 Å². The summed E-state index contributed by atoms with van der Waals surface area (Å²) < 4.78 is 5.51. The maximum absolute atomic E-state index is 10.9. The van der Waals surface area contributed by atoms with Crippen LogP contribution >= 0.6 is 0 Å². The fourth-order valence-corrected chi connectivity index (χ4v) is 0.375. The Balaban J connectivity index is 0. The zero-order valence-corrected chi connectivity index (χ0v) is 7.68. The summed E-state index contributed by atoms with van der Waals surface area (Å²) in [4.78, 5) is 10.9. The lowest BCUT2D eigenvalue weighted by atomic mass is 10.4. The highest BCUT2D eigenvalue weighted by Crippen LogP contribution is 1.96. The molecule has 0 aromatic carbocycles. The van der Waals surface area contributed by atoms with E-state index >= 15 is 0 Å². The van der Waals surface area contributed by atoms with Crippen LogP contribution in [-0.2, 0) is 9.53 Å². The molecule has 0 aromatic heterocycles. The third kappa shape index (κ3) is 5.61. The van der Waals surface area contributed by atoms with Crippen molar-refractivity contribution in [2.24, 2.45) is 0 Å². The number of hydrogen-bond donors (Lipinski definition) is 0. The summed E-state index contributed by atoms with van der Waals surface area (Å²) in [5, 5.41) is 0. The number of carbonyl (C=O) groups excluding carboxylic acids is 1. The number of esters is 1. The van der Waals surface area contributed by atoms with E-state index in [1.807, 2.05) is 21.1 Å². The molecule has 0 aliphatic heterocycles. The van der Waals surface area contributed by atoms with E-state index in [1.165, 1.54) is 0 Å². The summed E-state index contributed by atoms with van der Waals surface area (Å²) >= 11 is 0. The highest BCUT2D eigenvalue weighted by molar-refractivity contribution is 5.86. The molecule has 11 heavy (non-hydrogen) atoms. The fourth-order valence-electron chi connectivity index (χ4n) is 0.375. The lowest BCUT2D eigenvalue weighted by Crippen LogP contribution is -2.37. The molecule has 0 unspecified atom stereocenters. The monoisotopic (exact) mass is 161 g/mol. The van der Waals surface area contributed by atoms with Gasteiger partial charge < -0.3 is 4.74 Å². The van der Waals surface area contributed by atoms with Crippen LogP contribution < -0.4 is 0 Å². The molecule has 0 heterocycles. The first-order valence-corrected chi connectivity index (χ1v) is 3.46. The Labute approximate surface area is 69.3 Å². The van der Waals surface area contributed by atoms with E-state index in [2.05, 4.69) is 6.58 Å². The SMILES string of the molecule is C=C(C)C(=O)OC[N+](C)(C)C.[2HH]. The Hall–Kier alpha value is -0.830. The first-order valence-electron chi connectivity index (χ1n) is 3.46. The largest absolute Gasteiger partial charge is 0.412 e. The molecule has 0 fully saturated rings. The topological polar surface area (TPSA) is 26.3 Å². The first-order chi connectivity index (χ1) is 4.83. The zero-order valence-electron chi connectivity index (χ0n) is 7.68. The second-order valence-corrected chi connectivity index (χ2v) is 3.63. The average Bonchev–Trinajstić information content (AvgIpc) is 1.80. The van der Waals surface area contributed by atoms with Crippen molar-refractivity contribution in [1.82, 2.24) is 0 Å². The molecule has 0 bridgehead atoms. The maximum atomic E-state index is 10.9. The molecular weight excluding hydrogens is 142 g/mol. The third-order valence-electron chi connectivity index (χ3n) is 0.931. The van der Waals surface area contributed by atoms with Gasteiger partial charge in [0.05, 0.1) is 21.1 Å². The molecule has 0 atom stereocenters. The first kappa shape index (κ1) is 10.2. The van der Waals surface area contributed by atoms with E-state index < -0.39 is 0 Å². The molecule has 0 aliphatic carbocycles. The van der Waals surface area contributed by atoms with Crippen LogP contribution in [0.4, 0.5) is 0 Å². The van der Waals surface area contributed by atoms with Gasteiger partial charge in [0.15, 0.2) is 0 Å². The van der Waals surface area contributed by atoms with Crippen LogP contribution in [0.3, 0.4) is 0 Å². The van der Waals surface area contributed by atoms with Crippen LogP contribution in [0.15, 0.2) is 12.2 Å². The van der Waals surface area contributed by atoms with Crippen molar-refractivity contribution < 1.29 is 15.4 Å². The molecule has 0 N–H and O–H groups in total. The van der Waals surface area contributed by atoms with E-state index in [1.54, 1.807) is 6.92 Å². The van der Waals surface area contributed by atoms with Gasteiger partial charge in [0.25, 0.3) is 0 Å². The molecule has 0 aliphatic rings. The van der Waals surface area contributed by atoms with Crippen molar-refractivity contribution in [3.05, 3.63) is 12.2 Å². The van der Waals surface area contributed by atoms with Crippen LogP contribution in [0.5, 0.6) is 0 Å². The Kier molecular flexibility index (Phi) is 3.26. The molecule has 0 radical (unpaired) electrons. The summed E-state index contributed by atoms with van der Waals surface area (Å²) in [6.45, 7) is 5.49. The lowest BCUT2D eigenvalue weighted by Gasteiger charge is -2.22. The maximum Gasteiger partial charge on any atom is 0.337 e. The molecule has 0 spiro atoms. The molecule has 66 valence electrons. The van der Waals surface area contributed by atoms with E-state index in [0.29, 0.717) is 16.8 Å². The Bertz CT molecular complexity index is 172. The van der Waals surface area contributed by atoms with Crippen molar-refractivity contribution in [1.29, 1.82) is 0 Å². The third-order valence-corrected chi connectivity index (χ3v) is 0.931. The average molecular weight is 161 g/mol. The molecule has 0 amide bonds. The summed E-state index contributed by atoms with van der Waals surface area (Å²) in [7, 11) is 5.85. The van der Waals surface area contributed by atoms with Gasteiger partial charge in [-0.2, -0.15) is 0 Å². The summed E-state index contributed by atoms with van der Waals surface area (Å²) in [6.07, 6.45) is 0. The van der Waals surface area contributed by atoms with Gasteiger partial charge in [0.1, 0.15) is 0 Å². The molecule has 0 aromatic rings. The van der Waals surface area contributed by atoms with Crippen molar-refractivity contribution in [3.63, 3.8) is 0 Å². The molecule has 0 rings (SSSR count). The molecular formula is C8H18NO2+. The Morgan fingerprint density at radius 3 is 2.27 bits per heavy atom. The van der Waals surface area contributed by atoms with E-state index in [0.717, 1.165) is 0 Å². The second-order valence-electron chi connectivity index (χ2n) is 3.63. The van der Waals surface area contributed by atoms with Gasteiger partial charge in [0.2, 0.25) is 6.73 Å². The van der Waals surface area contributed by atoms with Gasteiger partial charge in [-0.25, -0.2) is 4.79 Å². The summed E-state index contributed by atoms with van der Waals surface area (Å²) in [5.41, 5.74) is 0.443. The number of ether oxygens (including phenoxy) is 1. The van der Waals surface area contributed by atoms with E-state index in [-0.39, 0.29) is 7.40 Å². The van der Waals surface area contributed by atoms with Crippen LogP contribution in [0.1, 0.15) is 8.35 Å². The summed E-state index contributed by atoms with van der Waals surface area (Å²) in [6, 6.07) is 0. The molecule has 0 saturated heterocycles. The predicted molar refractivity (Wildman–Crippen MR) is 45.9 cm³/mol. The highest BCUT2D eigenvalue weighted by atomic mass is 16.5. The minimum Gasteiger partial charge on any atom is -0.412 e. The predicted octanol–water partition coefficient (Wildman–Crippen LogP) is 1.02. The minimum absolute atomic E-state index is 0. The fraction of sp³-hybridized carbons (Fsp3) is 0.625. The number of quaternary nitrogens is 1. The highest BCUT2D eigenvalue weighted by Gasteiger charge is 2.10. The van der Waals surface area contributed by atoms with Crippen LogP contribution in [0, 0.1) is 0 Å². The lowest BCUT2D eigenvalue weighted by molar-refractivity contribution is -0.888. The quantitative estimate of drug-likeness (QED) is 0.267. The van der Waals surface area contributed by atoms with Crippen LogP contribution in [-0.4, -0.2) is 38.3 Å². The van der Waals surface area contributed by atoms with Crippen molar-refractivity contribution in [2.45, 2.75) is 6.92 Å². The van der Waals surface area contributed by atoms with Gasteiger partial charge in [-0.15, -0.1) is 0 Å². The van der Waals surface area contributed by atoms with Gasteiger partial charge in [-0.05, 0) is 6.92 Å². The second kappa shape index (κ2) is 3.53. The van der Waals surface area contributed by atoms with Crippen molar-refractivity contribution in [3.8, 4) is 0 Å². The standard InChI is InChI=1S/C8H16NO2.H2/c1-7(2)8(10)11-6-9(3,4)5;/h1,6H2,2-5H3;1H/q+1;/i;1+1. The number of carbonyl (C=O) groups is 1. The summed E-state index contributed by atoms with van der Waals surface area (Å²) in [5.74, 6) is -0.321. The van der Waals surface area contributed by atoms with Gasteiger partial charge in [-0.3, -0.25) is 4.48 Å². The van der Waals surface area contributed by atoms with E-state index in [4.69, 9.17) is 4.74 Å². The van der Waals surface area contributed by atoms with Gasteiger partial charge in [-0.1, -0.05) is 6.58 Å². The zero-order chi connectivity index (χ0) is 9.07. The van der Waals surface area contributed by atoms with Gasteiger partial charge in [0, 0.05) is 7.00 Å². The Morgan fingerprint density at radius 2 is 2.00 bits per heavy atom. The molecule has 3 heteroatoms. The van der Waals surface area contributed by atoms with Crippen molar-refractivity contribution >= 4 is 5.97 Å². The van der Waals surface area contributed by atoms with Gasteiger partial charge >= 0.3 is 5.97 Å². The number of hydrogen-bond acceptors (Lipinski definition) is 2. The Morgan fingerprint density at radius 1 is 1.55 bits per heavy atom. The number of rotatable bonds is 3. The minimum atomic E-state index is -0.321. The van der Waals surface area contributed by atoms with Crippen molar-refractivity contribution in [2.75, 3.05) is 27.9 Å². The smallest absolute Gasteiger partial charge is 0.337 e. The molecule has 0 saturated carbocycles. The number of nitrogens with zero attached hydrogens (tertiary/aromatic N) is 1. The van der Waals surface area contributed by atoms with Crippen LogP contribution in [0.25, 0.3) is 0 Å². The van der Waals surface area contributed by atoms with Crippen LogP contribution in [0.2, 0.25) is 0 Å².